The molecule has 1 atom stereocenters. The predicted molar refractivity (Wildman–Crippen MR) is 42.2 cm³/mol. The van der Waals surface area contributed by atoms with Crippen molar-refractivity contribution in [2.24, 2.45) is 0 Å². The van der Waals surface area contributed by atoms with Crippen LogP contribution >= 0.6 is 0 Å². The number of nitrogens with one attached hydrogen (secondary N) is 1. The van der Waals surface area contributed by atoms with Gasteiger partial charge in [-0.25, -0.2) is 0 Å². The standard InChI is InChI=1S/C7H10N2O4/c10-5-1-3-9(7(13)8-5)4-2-6(11)12/h1,3,7,13H,2,4H2,(H,8,10)(H,11,12). The first-order valence-corrected chi connectivity index (χ1v) is 3.74. The van der Waals surface area contributed by atoms with Crippen LogP contribution in [0.3, 0.4) is 0 Å². The van der Waals surface area contributed by atoms with Crippen LogP contribution in [-0.4, -0.2) is 39.9 Å². The van der Waals surface area contributed by atoms with Gasteiger partial charge in [0.2, 0.25) is 12.3 Å². The molecule has 0 aliphatic carbocycles. The Morgan fingerprint density at radius 2 is 2.38 bits per heavy atom. The van der Waals surface area contributed by atoms with Crippen LogP contribution in [0.4, 0.5) is 0 Å². The maximum atomic E-state index is 10.7. The summed E-state index contributed by atoms with van der Waals surface area (Å²) in [6.45, 7) is 0.160. The van der Waals surface area contributed by atoms with E-state index < -0.39 is 12.3 Å². The molecule has 0 aromatic carbocycles. The van der Waals surface area contributed by atoms with Gasteiger partial charge >= 0.3 is 5.97 Å². The Balaban J connectivity index is 2.46. The average molecular weight is 186 g/mol. The van der Waals surface area contributed by atoms with Crippen molar-refractivity contribution in [1.29, 1.82) is 0 Å². The molecule has 0 bridgehead atoms. The third-order valence-electron chi connectivity index (χ3n) is 1.59. The highest BCUT2D eigenvalue weighted by molar-refractivity contribution is 5.88. The molecule has 72 valence electrons. The van der Waals surface area contributed by atoms with Gasteiger partial charge < -0.3 is 20.4 Å². The van der Waals surface area contributed by atoms with Gasteiger partial charge in [-0.1, -0.05) is 0 Å². The number of rotatable bonds is 3. The fourth-order valence-electron chi connectivity index (χ4n) is 0.925. The largest absolute Gasteiger partial charge is 0.481 e. The molecule has 0 spiro atoms. The third kappa shape index (κ3) is 2.75. The lowest BCUT2D eigenvalue weighted by molar-refractivity contribution is -0.137. The van der Waals surface area contributed by atoms with Crippen molar-refractivity contribution in [3.63, 3.8) is 0 Å². The Morgan fingerprint density at radius 3 is 2.92 bits per heavy atom. The molecule has 0 aromatic rings. The van der Waals surface area contributed by atoms with Gasteiger partial charge in [-0.05, 0) is 0 Å². The number of hydrogen-bond acceptors (Lipinski definition) is 4. The van der Waals surface area contributed by atoms with E-state index in [-0.39, 0.29) is 18.9 Å². The Morgan fingerprint density at radius 1 is 1.69 bits per heavy atom. The summed E-state index contributed by atoms with van der Waals surface area (Å²) in [4.78, 5) is 22.2. The lowest BCUT2D eigenvalue weighted by Crippen LogP contribution is -2.48. The Kier molecular flexibility index (Phi) is 2.86. The third-order valence-corrected chi connectivity index (χ3v) is 1.59. The molecule has 0 radical (unpaired) electrons. The highest BCUT2D eigenvalue weighted by Gasteiger charge is 2.18. The summed E-state index contributed by atoms with van der Waals surface area (Å²) in [6.07, 6.45) is 1.38. The number of aliphatic hydroxyl groups excluding tert-OH is 1. The minimum absolute atomic E-state index is 0.0860. The minimum Gasteiger partial charge on any atom is -0.481 e. The van der Waals surface area contributed by atoms with Crippen molar-refractivity contribution in [2.45, 2.75) is 12.8 Å². The molecular weight excluding hydrogens is 176 g/mol. The first-order valence-electron chi connectivity index (χ1n) is 3.74. The number of carboxylic acids is 1. The summed E-state index contributed by atoms with van der Waals surface area (Å²) in [6, 6.07) is 0. The number of amides is 1. The van der Waals surface area contributed by atoms with E-state index in [2.05, 4.69) is 5.32 Å². The fourth-order valence-corrected chi connectivity index (χ4v) is 0.925. The van der Waals surface area contributed by atoms with Crippen molar-refractivity contribution in [3.05, 3.63) is 12.3 Å². The smallest absolute Gasteiger partial charge is 0.305 e. The average Bonchev–Trinajstić information content (AvgIpc) is 2.02. The zero-order valence-electron chi connectivity index (χ0n) is 6.80. The molecule has 0 saturated heterocycles. The van der Waals surface area contributed by atoms with E-state index in [4.69, 9.17) is 5.11 Å². The lowest BCUT2D eigenvalue weighted by atomic mass is 10.3. The Hall–Kier alpha value is -1.56. The molecule has 1 rings (SSSR count). The molecule has 0 aromatic heterocycles. The topological polar surface area (TPSA) is 89.9 Å². The number of nitrogens with zero attached hydrogens (tertiary/aromatic N) is 1. The van der Waals surface area contributed by atoms with Gasteiger partial charge in [0.05, 0.1) is 6.42 Å². The van der Waals surface area contributed by atoms with Crippen LogP contribution in [0, 0.1) is 0 Å². The molecule has 6 heteroatoms. The van der Waals surface area contributed by atoms with Crippen LogP contribution < -0.4 is 5.32 Å². The summed E-state index contributed by atoms with van der Waals surface area (Å²) in [7, 11) is 0. The van der Waals surface area contributed by atoms with E-state index in [9.17, 15) is 14.7 Å². The number of carboxylic acid groups (broad SMARTS) is 1. The van der Waals surface area contributed by atoms with Gasteiger partial charge in [-0.2, -0.15) is 0 Å². The number of aliphatic hydroxyl groups is 1. The summed E-state index contributed by atoms with van der Waals surface area (Å²) in [5.41, 5.74) is 0. The van der Waals surface area contributed by atoms with Crippen molar-refractivity contribution in [3.8, 4) is 0 Å². The fraction of sp³-hybridized carbons (Fsp3) is 0.429. The molecule has 1 unspecified atom stereocenters. The summed E-state index contributed by atoms with van der Waals surface area (Å²) < 4.78 is 0. The first-order chi connectivity index (χ1) is 6.09. The zero-order chi connectivity index (χ0) is 9.84. The quantitative estimate of drug-likeness (QED) is 0.508. The highest BCUT2D eigenvalue weighted by Crippen LogP contribution is 2.01. The van der Waals surface area contributed by atoms with Crippen molar-refractivity contribution in [2.75, 3.05) is 6.54 Å². The number of hydrogen-bond donors (Lipinski definition) is 3. The van der Waals surface area contributed by atoms with Crippen LogP contribution in [0.15, 0.2) is 12.3 Å². The van der Waals surface area contributed by atoms with E-state index >= 15 is 0 Å². The molecule has 1 aliphatic heterocycles. The number of carbonyl (C=O) groups is 2. The SMILES string of the molecule is O=C(O)CCN1C=CC(=O)NC1O. The monoisotopic (exact) mass is 186 g/mol. The zero-order valence-corrected chi connectivity index (χ0v) is 6.80. The molecule has 1 aliphatic rings. The molecule has 1 heterocycles. The normalized spacial score (nSPS) is 21.5. The molecule has 0 saturated carbocycles. The summed E-state index contributed by atoms with van der Waals surface area (Å²) in [5.74, 6) is -1.34. The van der Waals surface area contributed by atoms with Crippen molar-refractivity contribution in [1.82, 2.24) is 10.2 Å². The number of aliphatic carboxylic acids is 1. The van der Waals surface area contributed by atoms with Crippen LogP contribution in [0.2, 0.25) is 0 Å². The van der Waals surface area contributed by atoms with E-state index in [1.54, 1.807) is 0 Å². The maximum absolute atomic E-state index is 10.7. The second-order valence-electron chi connectivity index (χ2n) is 2.58. The van der Waals surface area contributed by atoms with Gasteiger partial charge in [-0.15, -0.1) is 0 Å². The van der Waals surface area contributed by atoms with E-state index in [0.29, 0.717) is 0 Å². The van der Waals surface area contributed by atoms with Crippen LogP contribution in [0.1, 0.15) is 6.42 Å². The Labute approximate surface area is 74.5 Å². The minimum atomic E-state index is -1.13. The molecule has 6 nitrogen and oxygen atoms in total. The molecule has 0 fully saturated rings. The van der Waals surface area contributed by atoms with E-state index in [0.717, 1.165) is 0 Å². The van der Waals surface area contributed by atoms with Gasteiger partial charge in [0.15, 0.2) is 0 Å². The first kappa shape index (κ1) is 9.53. The second-order valence-corrected chi connectivity index (χ2v) is 2.58. The number of carbonyl (C=O) groups excluding carboxylic acids is 1. The predicted octanol–water partition coefficient (Wildman–Crippen LogP) is -1.32. The van der Waals surface area contributed by atoms with Gasteiger partial charge in [0.1, 0.15) is 0 Å². The van der Waals surface area contributed by atoms with Crippen LogP contribution in [-0.2, 0) is 9.59 Å². The molecule has 1 amide bonds. The molecular formula is C7H10N2O4. The second kappa shape index (κ2) is 3.90. The highest BCUT2D eigenvalue weighted by atomic mass is 16.4. The molecule has 13 heavy (non-hydrogen) atoms. The van der Waals surface area contributed by atoms with Crippen molar-refractivity contribution < 1.29 is 19.8 Å². The van der Waals surface area contributed by atoms with Gasteiger partial charge in [0, 0.05) is 18.8 Å². The molecule has 3 N–H and O–H groups in total. The van der Waals surface area contributed by atoms with Gasteiger partial charge in [-0.3, -0.25) is 9.59 Å². The Bertz CT molecular complexity index is 251. The van der Waals surface area contributed by atoms with Crippen molar-refractivity contribution >= 4 is 11.9 Å². The van der Waals surface area contributed by atoms with Crippen LogP contribution in [0.25, 0.3) is 0 Å². The summed E-state index contributed by atoms with van der Waals surface area (Å²) >= 11 is 0. The van der Waals surface area contributed by atoms with E-state index in [1.807, 2.05) is 0 Å². The van der Waals surface area contributed by atoms with Crippen LogP contribution in [0.5, 0.6) is 0 Å². The van der Waals surface area contributed by atoms with Gasteiger partial charge in [0.25, 0.3) is 0 Å². The summed E-state index contributed by atoms with van der Waals surface area (Å²) in [5, 5.41) is 19.8. The lowest BCUT2D eigenvalue weighted by Gasteiger charge is -2.28. The van der Waals surface area contributed by atoms with E-state index in [1.165, 1.54) is 17.2 Å². The maximum Gasteiger partial charge on any atom is 0.305 e.